The summed E-state index contributed by atoms with van der Waals surface area (Å²) < 4.78 is 71.7. The van der Waals surface area contributed by atoms with Gasteiger partial charge in [-0.1, -0.05) is 124 Å². The van der Waals surface area contributed by atoms with Crippen LogP contribution in [0.1, 0.15) is 201 Å². The molecule has 126 heavy (non-hydrogen) atoms. The van der Waals surface area contributed by atoms with Gasteiger partial charge in [-0.25, -0.2) is 14.4 Å². The second-order valence-corrected chi connectivity index (χ2v) is 39.3. The Morgan fingerprint density at radius 3 is 0.976 bits per heavy atom. The molecule has 0 radical (unpaired) electrons. The lowest BCUT2D eigenvalue weighted by Crippen LogP contribution is -2.82. The minimum absolute atomic E-state index is 0.0219. The number of carbonyl (C=O) groups excluding carboxylic acids is 9. The van der Waals surface area contributed by atoms with E-state index < -0.39 is 241 Å². The molecule has 32 heteroatoms. The van der Waals surface area contributed by atoms with Crippen molar-refractivity contribution in [2.24, 2.45) is 56.2 Å². The van der Waals surface area contributed by atoms with E-state index in [-0.39, 0.29) is 85.7 Å². The maximum absolute atomic E-state index is 13.9. The van der Waals surface area contributed by atoms with Crippen molar-refractivity contribution in [3.8, 4) is 0 Å². The molecule has 9 fully saturated rings. The summed E-state index contributed by atoms with van der Waals surface area (Å²) in [5.74, 6) is -10.2. The predicted octanol–water partition coefficient (Wildman–Crippen LogP) is 5.61. The molecule has 3 heterocycles. The monoisotopic (exact) mass is 1760 g/mol. The minimum atomic E-state index is -2.11. The normalized spacial score (nSPS) is 42.1. The molecule has 11 N–H and O–H groups in total. The first kappa shape index (κ1) is 95.1. The summed E-state index contributed by atoms with van der Waals surface area (Å²) in [7, 11) is 0. The van der Waals surface area contributed by atoms with Crippen LogP contribution in [-0.2, 0) is 85.6 Å². The number of rotatable bonds is 12. The van der Waals surface area contributed by atoms with Crippen molar-refractivity contribution in [3.05, 3.63) is 141 Å². The molecule has 6 saturated carbocycles. The summed E-state index contributed by atoms with van der Waals surface area (Å²) in [6.45, 7) is 28.9. The Hall–Kier alpha value is -8.45. The van der Waals surface area contributed by atoms with Gasteiger partial charge in [0.15, 0.2) is 29.0 Å². The smallest absolute Gasteiger partial charge is 0.338 e. The fourth-order valence-electron chi connectivity index (χ4n) is 24.8. The molecule has 6 bridgehead atoms. The van der Waals surface area contributed by atoms with Gasteiger partial charge in [0.1, 0.15) is 77.8 Å². The number of ether oxygens (including phenoxy) is 12. The Kier molecular flexibility index (Phi) is 25.1. The summed E-state index contributed by atoms with van der Waals surface area (Å²) in [6, 6.07) is 24.6. The first-order valence-electron chi connectivity index (χ1n) is 43.0. The van der Waals surface area contributed by atoms with Gasteiger partial charge in [0, 0.05) is 106 Å². The van der Waals surface area contributed by atoms with Gasteiger partial charge in [0.05, 0.1) is 84.8 Å². The molecule has 690 valence electrons. The highest BCUT2D eigenvalue weighted by Crippen LogP contribution is 2.70. The van der Waals surface area contributed by atoms with Crippen LogP contribution in [0.3, 0.4) is 0 Å². The number of carbonyl (C=O) groups is 9. The van der Waals surface area contributed by atoms with Gasteiger partial charge < -0.3 is 113 Å². The highest BCUT2D eigenvalue weighted by molar-refractivity contribution is 5.91. The molecule has 0 aromatic heterocycles. The molecular formula is C94H122O32. The van der Waals surface area contributed by atoms with Crippen LogP contribution in [0.15, 0.2) is 124 Å². The van der Waals surface area contributed by atoms with Crippen molar-refractivity contribution in [2.45, 2.75) is 307 Å². The maximum Gasteiger partial charge on any atom is 0.338 e. The summed E-state index contributed by atoms with van der Waals surface area (Å²) in [6.07, 6.45) is -22.4. The van der Waals surface area contributed by atoms with Gasteiger partial charge in [-0.3, -0.25) is 28.8 Å². The van der Waals surface area contributed by atoms with E-state index in [4.69, 9.17) is 56.8 Å². The molecule has 3 saturated heterocycles. The van der Waals surface area contributed by atoms with E-state index >= 15 is 0 Å². The number of benzene rings is 3. The Bertz CT molecular complexity index is 4870. The molecule has 30 atom stereocenters. The Morgan fingerprint density at radius 2 is 0.651 bits per heavy atom. The predicted molar refractivity (Wildman–Crippen MR) is 440 cm³/mol. The standard InChI is InChI=1S/C33H42O12.C32H42O10.C29H38O10/c1-16-21(42-17(2)34)14-33(40)28(44-29(39)20-11-9-8-10-12-20)26-31(7,22(37)13-23-32(26,15-41-23)45-19(4)36)27(38)25(43-18(3)35)24(16)30(33,5)6;1-16-13-22-31(15-39-22,42-19(4)34)25-27(41-28(37)20-11-9-8-10-12-20)32(38)14-21(35)17(2)23(29(32,5)6)24(40-18(3)33)26(36)30(16,25)7;1-14-17(31)12-29(36)24(38-25(35)16-9-7-6-8-10-16)22-27(5,23(34)21(33)20(14)26(29,3)4)18(32)11-19-28(22,13-37-19)39-15(2)30/h8-12,21-23,25-28,37-38,40H,13-15H2,1-7H3;8-12,16,21-22,24-27,35-36,38H,13-15H2,1-7H3;6-10,17-19,21-24,31-34,36H,11-13H2,1-5H3/t21-,22-,23+,25+,26-,27-,28-,31+,32-,33+;16-,21-,22+,24+,25-,26-,27-,30+,31-,32+;17-,18-,19+,21+,22-,23-,24-,27+,28-,29+/m000/s1. The van der Waals surface area contributed by atoms with E-state index in [0.29, 0.717) is 28.7 Å². The summed E-state index contributed by atoms with van der Waals surface area (Å²) in [5, 5.41) is 133. The van der Waals surface area contributed by atoms with Crippen LogP contribution in [0.25, 0.3) is 0 Å². The lowest BCUT2D eigenvalue weighted by Gasteiger charge is -2.69. The largest absolute Gasteiger partial charge is 0.458 e. The van der Waals surface area contributed by atoms with E-state index in [2.05, 4.69) is 0 Å². The van der Waals surface area contributed by atoms with Crippen molar-refractivity contribution < 1.29 is 156 Å². The molecule has 12 aliphatic rings. The molecule has 3 aromatic carbocycles. The molecule has 15 rings (SSSR count). The molecule has 32 nitrogen and oxygen atoms in total. The van der Waals surface area contributed by atoms with E-state index in [1.165, 1.54) is 53.7 Å². The van der Waals surface area contributed by atoms with E-state index in [0.717, 1.165) is 0 Å². The average molecular weight is 1760 g/mol. The van der Waals surface area contributed by atoms with Crippen molar-refractivity contribution in [3.63, 3.8) is 0 Å². The molecule has 0 amide bonds. The van der Waals surface area contributed by atoms with Gasteiger partial charge in [0.25, 0.3) is 0 Å². The van der Waals surface area contributed by atoms with Gasteiger partial charge in [-0.2, -0.15) is 0 Å². The number of aliphatic hydroxyl groups excluding tert-OH is 8. The molecule has 0 spiro atoms. The fourth-order valence-corrected chi connectivity index (χ4v) is 24.8. The topological polar surface area (TPSA) is 487 Å². The Balaban J connectivity index is 0.000000162. The summed E-state index contributed by atoms with van der Waals surface area (Å²) >= 11 is 0. The first-order valence-corrected chi connectivity index (χ1v) is 43.0. The second-order valence-electron chi connectivity index (χ2n) is 39.3. The summed E-state index contributed by atoms with van der Waals surface area (Å²) in [4.78, 5) is 116. The third-order valence-electron chi connectivity index (χ3n) is 31.8. The zero-order valence-electron chi connectivity index (χ0n) is 74.6. The van der Waals surface area contributed by atoms with Crippen LogP contribution >= 0.6 is 0 Å². The van der Waals surface area contributed by atoms with Crippen molar-refractivity contribution >= 4 is 53.7 Å². The van der Waals surface area contributed by atoms with Crippen molar-refractivity contribution in [1.82, 2.24) is 0 Å². The SMILES string of the molecule is CC(=O)O[C@@H]1C2=C(C)[C@@H](O)C[C@@](O)([C@@H](OC(=O)c3ccccc3)[C@@H]3[C@]4(OC(C)=O)CO[C@@H]4C[C@H](C)[C@@]3(C)[C@H]1O)C2(C)C.CC(=O)O[C@@]12CO[C@@H]1C[C@H](O)[C@]1(C)[C@@H]2[C@H](OC(=O)c2ccccc2)[C@]2(O)C[C@H](O)C(C)=C([C@@H](O)[C@@H]1O)C2(C)C.CC(=O)O[C@H]1C[C@@]2(O)[C@@H](OC(=O)c3ccccc3)[C@@H]3[C@]4(OC(C)=O)CO[C@@H]4C[C@H](O)[C@@]3(C)[C@@H](O)[C@H](OC(C)=O)C(=C1C)C2(C)C. The molecular weight excluding hydrogens is 1640 g/mol. The highest BCUT2D eigenvalue weighted by atomic mass is 16.7. The van der Waals surface area contributed by atoms with Gasteiger partial charge in [0.2, 0.25) is 0 Å². The molecule has 3 aliphatic heterocycles. The minimum Gasteiger partial charge on any atom is -0.458 e. The zero-order chi connectivity index (χ0) is 93.0. The van der Waals surface area contributed by atoms with Crippen LogP contribution in [0.2, 0.25) is 0 Å². The maximum atomic E-state index is 13.9. The first-order chi connectivity index (χ1) is 58.6. The number of hydrogen-bond donors (Lipinski definition) is 11. The number of fused-ring (bicyclic) bond motifs is 15. The lowest BCUT2D eigenvalue weighted by atomic mass is 9.43. The van der Waals surface area contributed by atoms with Gasteiger partial charge in [-0.05, 0) is 103 Å². The van der Waals surface area contributed by atoms with Gasteiger partial charge >= 0.3 is 53.7 Å². The Morgan fingerprint density at radius 1 is 0.357 bits per heavy atom. The molecule has 3 aromatic rings. The van der Waals surface area contributed by atoms with Crippen LogP contribution in [-0.4, -0.2) is 267 Å². The molecule has 0 unspecified atom stereocenters. The fraction of sp³-hybridized carbons (Fsp3) is 0.649. The highest BCUT2D eigenvalue weighted by Gasteiger charge is 2.82. The Labute approximate surface area is 731 Å². The van der Waals surface area contributed by atoms with Crippen LogP contribution in [0.5, 0.6) is 0 Å². The van der Waals surface area contributed by atoms with Crippen LogP contribution in [0.4, 0.5) is 0 Å². The third kappa shape index (κ3) is 14.4. The van der Waals surface area contributed by atoms with Crippen molar-refractivity contribution in [1.29, 1.82) is 0 Å². The van der Waals surface area contributed by atoms with Crippen LogP contribution < -0.4 is 0 Å². The lowest BCUT2D eigenvalue weighted by molar-refractivity contribution is -0.365. The second kappa shape index (κ2) is 33.2. The third-order valence-corrected chi connectivity index (χ3v) is 31.8. The number of aliphatic hydroxyl groups is 11. The van der Waals surface area contributed by atoms with E-state index in [1.807, 2.05) is 6.92 Å². The molecule has 9 aliphatic carbocycles. The van der Waals surface area contributed by atoms with E-state index in [1.54, 1.807) is 162 Å². The zero-order valence-corrected chi connectivity index (χ0v) is 74.6. The summed E-state index contributed by atoms with van der Waals surface area (Å²) in [5.41, 5.74) is -16.5. The van der Waals surface area contributed by atoms with Gasteiger partial charge in [-0.15, -0.1) is 0 Å². The average Bonchev–Trinajstić information content (AvgIpc) is 0.677. The van der Waals surface area contributed by atoms with E-state index in [9.17, 15) is 99.3 Å². The van der Waals surface area contributed by atoms with Crippen molar-refractivity contribution in [2.75, 3.05) is 19.8 Å². The number of hydrogen-bond acceptors (Lipinski definition) is 32. The quantitative estimate of drug-likeness (QED) is 0.0596. The van der Waals surface area contributed by atoms with Crippen LogP contribution in [0, 0.1) is 56.2 Å². The number of esters is 9.